The van der Waals surface area contributed by atoms with Gasteiger partial charge in [-0.2, -0.15) is 0 Å². The van der Waals surface area contributed by atoms with E-state index in [-0.39, 0.29) is 0 Å². The van der Waals surface area contributed by atoms with E-state index in [0.717, 1.165) is 18.9 Å². The summed E-state index contributed by atoms with van der Waals surface area (Å²) in [6.45, 7) is 9.17. The molecule has 0 radical (unpaired) electrons. The van der Waals surface area contributed by atoms with Crippen molar-refractivity contribution < 1.29 is 0 Å². The van der Waals surface area contributed by atoms with Gasteiger partial charge in [0.2, 0.25) is 0 Å². The summed E-state index contributed by atoms with van der Waals surface area (Å²) >= 11 is 0. The number of anilines is 1. The van der Waals surface area contributed by atoms with Gasteiger partial charge in [-0.3, -0.25) is 4.90 Å². The third-order valence-corrected chi connectivity index (χ3v) is 3.38. The molecule has 1 saturated heterocycles. The van der Waals surface area contributed by atoms with Crippen LogP contribution in [0.5, 0.6) is 0 Å². The minimum absolute atomic E-state index is 0.292. The van der Waals surface area contributed by atoms with Gasteiger partial charge in [0.1, 0.15) is 12.1 Å². The van der Waals surface area contributed by atoms with Crippen LogP contribution in [0.2, 0.25) is 0 Å². The van der Waals surface area contributed by atoms with Crippen LogP contribution >= 0.6 is 0 Å². The molecule has 0 spiro atoms. The normalized spacial score (nSPS) is 19.2. The lowest BCUT2D eigenvalue weighted by Gasteiger charge is -2.41. The number of nitrogens with zero attached hydrogens (tertiary/aromatic N) is 3. The van der Waals surface area contributed by atoms with Crippen molar-refractivity contribution in [2.75, 3.05) is 18.4 Å². The fourth-order valence-corrected chi connectivity index (χ4v) is 2.28. The molecular formula is C13H22N4. The number of nitrogens with one attached hydrogen (secondary N) is 1. The molecule has 1 aliphatic heterocycles. The summed E-state index contributed by atoms with van der Waals surface area (Å²) in [5.74, 6) is 0.939. The third kappa shape index (κ3) is 3.40. The molecule has 0 amide bonds. The van der Waals surface area contributed by atoms with E-state index in [9.17, 15) is 0 Å². The van der Waals surface area contributed by atoms with Crippen LogP contribution < -0.4 is 5.32 Å². The molecule has 0 aromatic carbocycles. The van der Waals surface area contributed by atoms with Gasteiger partial charge < -0.3 is 5.32 Å². The minimum atomic E-state index is 0.292. The summed E-state index contributed by atoms with van der Waals surface area (Å²) in [4.78, 5) is 10.7. The number of hydrogen-bond donors (Lipinski definition) is 1. The second kappa shape index (κ2) is 5.00. The average molecular weight is 234 g/mol. The van der Waals surface area contributed by atoms with Gasteiger partial charge in [0.15, 0.2) is 0 Å². The van der Waals surface area contributed by atoms with Crippen molar-refractivity contribution in [2.24, 2.45) is 0 Å². The molecule has 0 atom stereocenters. The lowest BCUT2D eigenvalue weighted by Crippen LogP contribution is -2.48. The molecule has 0 unspecified atom stereocenters. The molecule has 0 bridgehead atoms. The standard InChI is InChI=1S/C13H22N4/c1-13(2,3)17-8-5-11(6-9-17)16-12-4-7-14-10-15-12/h4,7,10-11H,5-6,8-9H2,1-3H3,(H,14,15,16). The monoisotopic (exact) mass is 234 g/mol. The third-order valence-electron chi connectivity index (χ3n) is 3.38. The second-order valence-electron chi connectivity index (χ2n) is 5.67. The average Bonchev–Trinajstić information content (AvgIpc) is 2.30. The van der Waals surface area contributed by atoms with Gasteiger partial charge >= 0.3 is 0 Å². The first-order valence-corrected chi connectivity index (χ1v) is 6.33. The van der Waals surface area contributed by atoms with Crippen LogP contribution in [0.4, 0.5) is 5.82 Å². The molecule has 2 rings (SSSR count). The number of piperidine rings is 1. The molecule has 2 heterocycles. The van der Waals surface area contributed by atoms with Crippen LogP contribution in [0.3, 0.4) is 0 Å². The van der Waals surface area contributed by atoms with Crippen molar-refractivity contribution in [1.82, 2.24) is 14.9 Å². The first-order chi connectivity index (χ1) is 8.05. The summed E-state index contributed by atoms with van der Waals surface area (Å²) < 4.78 is 0. The van der Waals surface area contributed by atoms with Crippen molar-refractivity contribution in [3.8, 4) is 0 Å². The lowest BCUT2D eigenvalue weighted by molar-refractivity contribution is 0.106. The summed E-state index contributed by atoms with van der Waals surface area (Å²) in [6, 6.07) is 2.47. The van der Waals surface area contributed by atoms with Gasteiger partial charge in [0.05, 0.1) is 0 Å². The maximum atomic E-state index is 4.20. The van der Waals surface area contributed by atoms with Crippen molar-refractivity contribution in [2.45, 2.75) is 45.2 Å². The zero-order valence-corrected chi connectivity index (χ0v) is 11.0. The fourth-order valence-electron chi connectivity index (χ4n) is 2.28. The van der Waals surface area contributed by atoms with Crippen molar-refractivity contribution in [3.63, 3.8) is 0 Å². The van der Waals surface area contributed by atoms with Crippen LogP contribution in [-0.4, -0.2) is 39.5 Å². The van der Waals surface area contributed by atoms with Gasteiger partial charge in [-0.05, 0) is 39.7 Å². The topological polar surface area (TPSA) is 41.0 Å². The molecular weight excluding hydrogens is 212 g/mol. The Kier molecular flexibility index (Phi) is 3.62. The van der Waals surface area contributed by atoms with Crippen LogP contribution in [0, 0.1) is 0 Å². The highest BCUT2D eigenvalue weighted by molar-refractivity contribution is 5.33. The van der Waals surface area contributed by atoms with Crippen LogP contribution in [-0.2, 0) is 0 Å². The van der Waals surface area contributed by atoms with E-state index in [1.165, 1.54) is 12.8 Å². The van der Waals surface area contributed by atoms with Crippen molar-refractivity contribution in [1.29, 1.82) is 0 Å². The van der Waals surface area contributed by atoms with E-state index in [2.05, 4.69) is 41.0 Å². The Morgan fingerprint density at radius 3 is 2.53 bits per heavy atom. The van der Waals surface area contributed by atoms with E-state index >= 15 is 0 Å². The highest BCUT2D eigenvalue weighted by Gasteiger charge is 2.26. The Bertz CT molecular complexity index is 336. The van der Waals surface area contributed by atoms with Gasteiger partial charge in [0.25, 0.3) is 0 Å². The van der Waals surface area contributed by atoms with E-state index in [1.807, 2.05) is 6.07 Å². The highest BCUT2D eigenvalue weighted by Crippen LogP contribution is 2.21. The van der Waals surface area contributed by atoms with E-state index < -0.39 is 0 Å². The maximum Gasteiger partial charge on any atom is 0.129 e. The Morgan fingerprint density at radius 1 is 1.29 bits per heavy atom. The SMILES string of the molecule is CC(C)(C)N1CCC(Nc2ccncn2)CC1. The molecule has 4 nitrogen and oxygen atoms in total. The van der Waals surface area contributed by atoms with Gasteiger partial charge in [-0.1, -0.05) is 0 Å². The Hall–Kier alpha value is -1.16. The molecule has 4 heteroatoms. The Balaban J connectivity index is 1.84. The summed E-state index contributed by atoms with van der Waals surface area (Å²) in [7, 11) is 0. The molecule has 1 aromatic rings. The fraction of sp³-hybridized carbons (Fsp3) is 0.692. The summed E-state index contributed by atoms with van der Waals surface area (Å²) in [5, 5.41) is 3.48. The maximum absolute atomic E-state index is 4.20. The van der Waals surface area contributed by atoms with Crippen molar-refractivity contribution in [3.05, 3.63) is 18.6 Å². The van der Waals surface area contributed by atoms with E-state index in [4.69, 9.17) is 0 Å². The number of hydrogen-bond acceptors (Lipinski definition) is 4. The molecule has 1 aromatic heterocycles. The summed E-state index contributed by atoms with van der Waals surface area (Å²) in [5.41, 5.74) is 0.292. The number of aromatic nitrogens is 2. The zero-order valence-electron chi connectivity index (χ0n) is 11.0. The second-order valence-corrected chi connectivity index (χ2v) is 5.67. The van der Waals surface area contributed by atoms with E-state index in [0.29, 0.717) is 11.6 Å². The predicted octanol–water partition coefficient (Wildman–Crippen LogP) is 2.15. The lowest BCUT2D eigenvalue weighted by atomic mass is 9.98. The van der Waals surface area contributed by atoms with Crippen LogP contribution in [0.25, 0.3) is 0 Å². The van der Waals surface area contributed by atoms with Gasteiger partial charge in [-0.15, -0.1) is 0 Å². The van der Waals surface area contributed by atoms with Crippen molar-refractivity contribution >= 4 is 5.82 Å². The minimum Gasteiger partial charge on any atom is -0.367 e. The van der Waals surface area contributed by atoms with E-state index in [1.54, 1.807) is 12.5 Å². The first kappa shape index (κ1) is 12.3. The quantitative estimate of drug-likeness (QED) is 0.851. The molecule has 17 heavy (non-hydrogen) atoms. The van der Waals surface area contributed by atoms with Crippen LogP contribution in [0.15, 0.2) is 18.6 Å². The molecule has 0 aliphatic carbocycles. The molecule has 1 aliphatic rings. The largest absolute Gasteiger partial charge is 0.367 e. The first-order valence-electron chi connectivity index (χ1n) is 6.33. The molecule has 1 fully saturated rings. The Labute approximate surface area is 103 Å². The zero-order chi connectivity index (χ0) is 12.3. The van der Waals surface area contributed by atoms with Gasteiger partial charge in [-0.25, -0.2) is 9.97 Å². The predicted molar refractivity (Wildman–Crippen MR) is 70.0 cm³/mol. The van der Waals surface area contributed by atoms with Gasteiger partial charge in [0, 0.05) is 30.9 Å². The smallest absolute Gasteiger partial charge is 0.129 e. The molecule has 0 saturated carbocycles. The Morgan fingerprint density at radius 2 is 2.00 bits per heavy atom. The summed E-state index contributed by atoms with van der Waals surface area (Å²) in [6.07, 6.45) is 5.73. The molecule has 94 valence electrons. The molecule has 1 N–H and O–H groups in total. The van der Waals surface area contributed by atoms with Crippen LogP contribution in [0.1, 0.15) is 33.6 Å². The number of rotatable bonds is 2. The number of likely N-dealkylation sites (tertiary alicyclic amines) is 1. The highest BCUT2D eigenvalue weighted by atomic mass is 15.2.